The van der Waals surface area contributed by atoms with Gasteiger partial charge in [-0.15, -0.1) is 23.5 Å². The molecule has 0 rings (SSSR count). The number of nitrogens with zero attached hydrogens (tertiary/aromatic N) is 2. The standard InChI is InChI=1S/C6H6N2S2/c1-9-5(3-7)6(4-8)10-2/h1-2H3/b6-5+. The Morgan fingerprint density at radius 2 is 1.30 bits per heavy atom. The number of allylic oxidation sites excluding steroid dienone is 2. The van der Waals surface area contributed by atoms with E-state index in [1.165, 1.54) is 23.5 Å². The minimum atomic E-state index is 0.495. The molecule has 4 heteroatoms. The summed E-state index contributed by atoms with van der Waals surface area (Å²) in [6, 6.07) is 3.91. The van der Waals surface area contributed by atoms with Crippen molar-refractivity contribution in [2.45, 2.75) is 0 Å². The fourth-order valence-corrected chi connectivity index (χ4v) is 1.52. The third kappa shape index (κ3) is 2.34. The van der Waals surface area contributed by atoms with Gasteiger partial charge in [-0.25, -0.2) is 0 Å². The molecule has 0 amide bonds. The Morgan fingerprint density at radius 3 is 1.40 bits per heavy atom. The molecule has 0 radical (unpaired) electrons. The number of nitriles is 2. The summed E-state index contributed by atoms with van der Waals surface area (Å²) >= 11 is 2.60. The van der Waals surface area contributed by atoms with E-state index < -0.39 is 0 Å². The van der Waals surface area contributed by atoms with E-state index in [0.29, 0.717) is 9.81 Å². The van der Waals surface area contributed by atoms with E-state index in [4.69, 9.17) is 10.5 Å². The lowest BCUT2D eigenvalue weighted by molar-refractivity contribution is 1.50. The van der Waals surface area contributed by atoms with Crippen molar-refractivity contribution in [3.63, 3.8) is 0 Å². The van der Waals surface area contributed by atoms with Crippen molar-refractivity contribution < 1.29 is 0 Å². The van der Waals surface area contributed by atoms with Gasteiger partial charge in [0.2, 0.25) is 0 Å². The molecule has 0 fully saturated rings. The fourth-order valence-electron chi connectivity index (χ4n) is 0.378. The second-order valence-corrected chi connectivity index (χ2v) is 2.92. The quantitative estimate of drug-likeness (QED) is 0.594. The number of thioether (sulfide) groups is 2. The molecule has 0 aliphatic carbocycles. The van der Waals surface area contributed by atoms with Crippen molar-refractivity contribution in [1.82, 2.24) is 0 Å². The molecule has 0 aromatic rings. The van der Waals surface area contributed by atoms with Crippen LogP contribution in [-0.2, 0) is 0 Å². The van der Waals surface area contributed by atoms with Gasteiger partial charge in [-0.1, -0.05) is 0 Å². The highest BCUT2D eigenvalue weighted by Crippen LogP contribution is 2.22. The Balaban J connectivity index is 4.62. The Kier molecular flexibility index (Phi) is 4.92. The average Bonchev–Trinajstić information content (AvgIpc) is 2.00. The Labute approximate surface area is 68.9 Å². The summed E-state index contributed by atoms with van der Waals surface area (Å²) in [5, 5.41) is 16.9. The van der Waals surface area contributed by atoms with Crippen LogP contribution in [0, 0.1) is 22.7 Å². The van der Waals surface area contributed by atoms with Crippen LogP contribution in [0.4, 0.5) is 0 Å². The van der Waals surface area contributed by atoms with Crippen LogP contribution in [0.2, 0.25) is 0 Å². The Hall–Kier alpha value is -0.580. The molecule has 0 saturated carbocycles. The Bertz CT molecular complexity index is 195. The molecule has 0 aliphatic rings. The van der Waals surface area contributed by atoms with Crippen LogP contribution in [0.3, 0.4) is 0 Å². The van der Waals surface area contributed by atoms with E-state index in [1.54, 1.807) is 12.5 Å². The van der Waals surface area contributed by atoms with Gasteiger partial charge in [-0.2, -0.15) is 10.5 Å². The molecule has 0 unspecified atom stereocenters. The molecular weight excluding hydrogens is 164 g/mol. The van der Waals surface area contributed by atoms with Gasteiger partial charge in [0.15, 0.2) is 0 Å². The van der Waals surface area contributed by atoms with E-state index in [0.717, 1.165) is 0 Å². The number of hydrogen-bond acceptors (Lipinski definition) is 4. The normalized spacial score (nSPS) is 11.2. The maximum absolute atomic E-state index is 8.47. The van der Waals surface area contributed by atoms with Gasteiger partial charge in [-0.3, -0.25) is 0 Å². The predicted octanol–water partition coefficient (Wildman–Crippen LogP) is 1.97. The van der Waals surface area contributed by atoms with Gasteiger partial charge in [0.1, 0.15) is 21.9 Å². The minimum absolute atomic E-state index is 0.495. The molecule has 0 aliphatic heterocycles. The molecule has 0 aromatic heterocycles. The van der Waals surface area contributed by atoms with Crippen molar-refractivity contribution in [3.8, 4) is 12.1 Å². The summed E-state index contributed by atoms with van der Waals surface area (Å²) in [5.41, 5.74) is 0. The molecule has 0 atom stereocenters. The topological polar surface area (TPSA) is 47.6 Å². The van der Waals surface area contributed by atoms with E-state index in [2.05, 4.69) is 0 Å². The Morgan fingerprint density at radius 1 is 1.00 bits per heavy atom. The highest BCUT2D eigenvalue weighted by molar-refractivity contribution is 8.06. The molecule has 0 N–H and O–H groups in total. The largest absolute Gasteiger partial charge is 0.192 e. The van der Waals surface area contributed by atoms with Crippen molar-refractivity contribution >= 4 is 23.5 Å². The van der Waals surface area contributed by atoms with Crippen LogP contribution >= 0.6 is 23.5 Å². The lowest BCUT2D eigenvalue weighted by Crippen LogP contribution is -1.76. The van der Waals surface area contributed by atoms with Gasteiger partial charge in [0.05, 0.1) is 0 Å². The van der Waals surface area contributed by atoms with Crippen molar-refractivity contribution in [3.05, 3.63) is 9.81 Å². The van der Waals surface area contributed by atoms with Crippen molar-refractivity contribution in [2.75, 3.05) is 12.5 Å². The van der Waals surface area contributed by atoms with Crippen LogP contribution < -0.4 is 0 Å². The summed E-state index contributed by atoms with van der Waals surface area (Å²) in [5.74, 6) is 0. The molecule has 0 spiro atoms. The minimum Gasteiger partial charge on any atom is -0.192 e. The summed E-state index contributed by atoms with van der Waals surface area (Å²) in [4.78, 5) is 0.991. The molecule has 0 saturated heterocycles. The number of rotatable bonds is 2. The van der Waals surface area contributed by atoms with Crippen LogP contribution in [0.15, 0.2) is 9.81 Å². The average molecular weight is 170 g/mol. The third-order valence-corrected chi connectivity index (χ3v) is 2.35. The highest BCUT2D eigenvalue weighted by atomic mass is 32.2. The molecule has 10 heavy (non-hydrogen) atoms. The molecule has 0 bridgehead atoms. The highest BCUT2D eigenvalue weighted by Gasteiger charge is 2.01. The SMILES string of the molecule is CS/C(C#N)=C(\C#N)SC. The zero-order valence-corrected chi connectivity index (χ0v) is 7.34. The van der Waals surface area contributed by atoms with Gasteiger partial charge in [0, 0.05) is 0 Å². The molecule has 0 aromatic carbocycles. The second kappa shape index (κ2) is 5.22. The maximum atomic E-state index is 8.47. The van der Waals surface area contributed by atoms with Crippen LogP contribution in [-0.4, -0.2) is 12.5 Å². The predicted molar refractivity (Wildman–Crippen MR) is 45.3 cm³/mol. The third-order valence-electron chi connectivity index (χ3n) is 0.818. The van der Waals surface area contributed by atoms with E-state index >= 15 is 0 Å². The van der Waals surface area contributed by atoms with E-state index in [-0.39, 0.29) is 0 Å². The zero-order chi connectivity index (χ0) is 7.98. The first-order valence-electron chi connectivity index (χ1n) is 2.42. The van der Waals surface area contributed by atoms with Gasteiger partial charge >= 0.3 is 0 Å². The molecular formula is C6H6N2S2. The molecule has 0 heterocycles. The lowest BCUT2D eigenvalue weighted by atomic mass is 10.5. The van der Waals surface area contributed by atoms with Crippen LogP contribution in [0.5, 0.6) is 0 Å². The smallest absolute Gasteiger partial charge is 0.109 e. The molecule has 52 valence electrons. The first-order valence-corrected chi connectivity index (χ1v) is 4.87. The van der Waals surface area contributed by atoms with Crippen molar-refractivity contribution in [2.24, 2.45) is 0 Å². The zero-order valence-electron chi connectivity index (χ0n) is 5.71. The summed E-state index contributed by atoms with van der Waals surface area (Å²) in [7, 11) is 0. The molecule has 2 nitrogen and oxygen atoms in total. The summed E-state index contributed by atoms with van der Waals surface area (Å²) in [6.07, 6.45) is 3.57. The van der Waals surface area contributed by atoms with Crippen LogP contribution in [0.25, 0.3) is 0 Å². The van der Waals surface area contributed by atoms with Gasteiger partial charge in [0.25, 0.3) is 0 Å². The fraction of sp³-hybridized carbons (Fsp3) is 0.333. The first kappa shape index (κ1) is 9.42. The lowest BCUT2D eigenvalue weighted by Gasteiger charge is -1.92. The first-order chi connectivity index (χ1) is 4.79. The second-order valence-electron chi connectivity index (χ2n) is 1.29. The van der Waals surface area contributed by atoms with Crippen LogP contribution in [0.1, 0.15) is 0 Å². The number of hydrogen-bond donors (Lipinski definition) is 0. The van der Waals surface area contributed by atoms with Gasteiger partial charge in [-0.05, 0) is 12.5 Å². The van der Waals surface area contributed by atoms with Gasteiger partial charge < -0.3 is 0 Å². The maximum Gasteiger partial charge on any atom is 0.109 e. The summed E-state index contributed by atoms with van der Waals surface area (Å²) < 4.78 is 0. The summed E-state index contributed by atoms with van der Waals surface area (Å²) in [6.45, 7) is 0. The van der Waals surface area contributed by atoms with E-state index in [9.17, 15) is 0 Å². The monoisotopic (exact) mass is 170 g/mol. The van der Waals surface area contributed by atoms with Crippen molar-refractivity contribution in [1.29, 1.82) is 10.5 Å². The van der Waals surface area contributed by atoms with E-state index in [1.807, 2.05) is 12.1 Å².